The molecule has 1 aromatic carbocycles. The molecule has 0 aromatic heterocycles. The summed E-state index contributed by atoms with van der Waals surface area (Å²) in [7, 11) is 0. The number of rotatable bonds is 25. The van der Waals surface area contributed by atoms with E-state index in [1.54, 1.807) is 44.2 Å². The molecule has 1 heterocycles. The van der Waals surface area contributed by atoms with E-state index in [4.69, 9.17) is 17.2 Å². The average molecular weight is 901 g/mol. The molecule has 22 nitrogen and oxygen atoms in total. The van der Waals surface area contributed by atoms with Gasteiger partial charge in [0, 0.05) is 19.5 Å². The molecule has 1 aliphatic rings. The lowest BCUT2D eigenvalue weighted by molar-refractivity contribution is -0.142. The van der Waals surface area contributed by atoms with E-state index in [0.717, 1.165) is 0 Å². The Kier molecular flexibility index (Phi) is 22.1. The molecule has 8 atom stereocenters. The van der Waals surface area contributed by atoms with Crippen LogP contribution in [0.15, 0.2) is 35.3 Å². The molecule has 64 heavy (non-hydrogen) atoms. The van der Waals surface area contributed by atoms with Crippen molar-refractivity contribution in [2.45, 2.75) is 135 Å². The van der Waals surface area contributed by atoms with Crippen molar-refractivity contribution in [3.63, 3.8) is 0 Å². The van der Waals surface area contributed by atoms with Gasteiger partial charge in [-0.25, -0.2) is 4.79 Å². The molecule has 8 amide bonds. The summed E-state index contributed by atoms with van der Waals surface area (Å²) in [5.41, 5.74) is 17.3. The number of likely N-dealkylation sites (tertiary alicyclic amines) is 1. The minimum Gasteiger partial charge on any atom is -0.480 e. The predicted molar refractivity (Wildman–Crippen MR) is 236 cm³/mol. The topological polar surface area (TPSA) is 352 Å². The molecule has 356 valence electrons. The number of carbonyl (C=O) groups excluding carboxylic acids is 8. The standard InChI is InChI=1S/C42H68N12O10/c1-22(2)19-30(53-39(61)33(43)23(3)4)40(62)54-18-12-16-31(54)38(60)50-24(5)34(56)47-21-32(55)48-25(6)35(57)52-29(20-27-13-9-8-10-14-27)37(59)49-26(7)36(58)51-28(41(63)64)15-11-17-46-42(44)45/h8-10,13-14,22-26,28-31,33H,11-12,15-21,43H2,1-7H3,(H,47,56)(H,48,55)(H,49,59)(H,50,60)(H,51,58)(H,52,57)(H,53,61)(H,63,64)(H4,44,45,46)/t24-,25-,26-,28-,29-,30-,31-,33-/m0/s1. The van der Waals surface area contributed by atoms with Gasteiger partial charge >= 0.3 is 5.97 Å². The summed E-state index contributed by atoms with van der Waals surface area (Å²) in [6, 6.07) is -0.0295. The first kappa shape index (κ1) is 53.8. The molecule has 0 aliphatic carbocycles. The van der Waals surface area contributed by atoms with Gasteiger partial charge in [0.25, 0.3) is 0 Å². The summed E-state index contributed by atoms with van der Waals surface area (Å²) in [6.45, 7) is 11.3. The maximum atomic E-state index is 13.7. The zero-order valence-electron chi connectivity index (χ0n) is 37.8. The van der Waals surface area contributed by atoms with Crippen LogP contribution in [-0.2, 0) is 49.6 Å². The van der Waals surface area contributed by atoms with Crippen LogP contribution in [0.5, 0.6) is 0 Å². The number of hydrogen-bond acceptors (Lipinski definition) is 11. The summed E-state index contributed by atoms with van der Waals surface area (Å²) in [5.74, 6) is -6.86. The summed E-state index contributed by atoms with van der Waals surface area (Å²) in [5, 5.41) is 27.2. The lowest BCUT2D eigenvalue weighted by Gasteiger charge is -2.31. The maximum Gasteiger partial charge on any atom is 0.326 e. The fourth-order valence-electron chi connectivity index (χ4n) is 6.61. The van der Waals surface area contributed by atoms with E-state index >= 15 is 0 Å². The number of carbonyl (C=O) groups is 9. The Morgan fingerprint density at radius 1 is 0.734 bits per heavy atom. The van der Waals surface area contributed by atoms with E-state index in [1.165, 1.54) is 25.7 Å². The van der Waals surface area contributed by atoms with Crippen molar-refractivity contribution < 1.29 is 48.3 Å². The van der Waals surface area contributed by atoms with Crippen molar-refractivity contribution in [2.75, 3.05) is 19.6 Å². The lowest BCUT2D eigenvalue weighted by Crippen LogP contribution is -2.58. The number of guanidine groups is 1. The molecule has 0 radical (unpaired) electrons. The largest absolute Gasteiger partial charge is 0.480 e. The molecule has 0 spiro atoms. The van der Waals surface area contributed by atoms with Gasteiger partial charge in [0.1, 0.15) is 42.3 Å². The van der Waals surface area contributed by atoms with E-state index in [2.05, 4.69) is 42.2 Å². The van der Waals surface area contributed by atoms with Gasteiger partial charge < -0.3 is 64.4 Å². The van der Waals surface area contributed by atoms with Crippen molar-refractivity contribution >= 4 is 59.2 Å². The molecule has 0 unspecified atom stereocenters. The van der Waals surface area contributed by atoms with Gasteiger partial charge in [0.15, 0.2) is 5.96 Å². The van der Waals surface area contributed by atoms with Crippen LogP contribution < -0.4 is 54.4 Å². The molecular formula is C42H68N12O10. The second kappa shape index (κ2) is 26.3. The fourth-order valence-corrected chi connectivity index (χ4v) is 6.61. The van der Waals surface area contributed by atoms with Crippen molar-refractivity contribution in [3.8, 4) is 0 Å². The van der Waals surface area contributed by atoms with E-state index < -0.39 is 108 Å². The van der Waals surface area contributed by atoms with Crippen molar-refractivity contribution in [1.82, 2.24) is 42.1 Å². The van der Waals surface area contributed by atoms with Crippen LogP contribution in [0.4, 0.5) is 0 Å². The third-order valence-electron chi connectivity index (χ3n) is 10.4. The van der Waals surface area contributed by atoms with Crippen LogP contribution in [0, 0.1) is 11.8 Å². The van der Waals surface area contributed by atoms with Gasteiger partial charge in [-0.1, -0.05) is 58.0 Å². The minimum absolute atomic E-state index is 0.00908. The zero-order valence-corrected chi connectivity index (χ0v) is 37.8. The van der Waals surface area contributed by atoms with Gasteiger partial charge in [-0.3, -0.25) is 43.3 Å². The van der Waals surface area contributed by atoms with E-state index in [1.807, 2.05) is 13.8 Å². The predicted octanol–water partition coefficient (Wildman–Crippen LogP) is -2.53. The Morgan fingerprint density at radius 3 is 1.89 bits per heavy atom. The molecule has 0 bridgehead atoms. The number of carboxylic acids is 1. The summed E-state index contributed by atoms with van der Waals surface area (Å²) in [4.78, 5) is 122. The number of hydrogen-bond donors (Lipinski definition) is 11. The molecule has 1 aromatic rings. The summed E-state index contributed by atoms with van der Waals surface area (Å²) >= 11 is 0. The van der Waals surface area contributed by atoms with E-state index in [0.29, 0.717) is 24.8 Å². The van der Waals surface area contributed by atoms with Crippen LogP contribution in [0.3, 0.4) is 0 Å². The smallest absolute Gasteiger partial charge is 0.326 e. The molecule has 1 aliphatic heterocycles. The van der Waals surface area contributed by atoms with Crippen molar-refractivity contribution in [3.05, 3.63) is 35.9 Å². The minimum atomic E-state index is -1.30. The molecule has 2 rings (SSSR count). The molecule has 22 heteroatoms. The summed E-state index contributed by atoms with van der Waals surface area (Å²) in [6.07, 6.45) is 1.44. The second-order valence-electron chi connectivity index (χ2n) is 16.7. The molecule has 1 fully saturated rings. The SMILES string of the molecule is CC(C)C[C@H](NC(=O)[C@@H](N)C(C)C)C(=O)N1CCC[C@H]1C(=O)N[C@@H](C)C(=O)NCC(=O)N[C@@H](C)C(=O)N[C@@H](Cc1ccccc1)C(=O)N[C@@H](C)C(=O)N[C@@H](CCCN=C(N)N)C(=O)O. The van der Waals surface area contributed by atoms with Crippen molar-refractivity contribution in [1.29, 1.82) is 0 Å². The van der Waals surface area contributed by atoms with Crippen LogP contribution in [0.2, 0.25) is 0 Å². The number of aliphatic carboxylic acids is 1. The Hall–Kier alpha value is -6.32. The normalized spacial score (nSPS) is 16.7. The number of benzene rings is 1. The van der Waals surface area contributed by atoms with Crippen LogP contribution in [0.25, 0.3) is 0 Å². The Balaban J connectivity index is 1.99. The number of nitrogens with two attached hydrogens (primary N) is 3. The van der Waals surface area contributed by atoms with Gasteiger partial charge in [-0.2, -0.15) is 0 Å². The van der Waals surface area contributed by atoms with Crippen LogP contribution in [0.1, 0.15) is 86.1 Å². The number of carboxylic acid groups (broad SMARTS) is 1. The highest BCUT2D eigenvalue weighted by Gasteiger charge is 2.39. The average Bonchev–Trinajstić information content (AvgIpc) is 3.73. The van der Waals surface area contributed by atoms with Gasteiger partial charge in [0.2, 0.25) is 47.3 Å². The lowest BCUT2D eigenvalue weighted by atomic mass is 10.00. The molecule has 0 saturated carbocycles. The third kappa shape index (κ3) is 18.2. The molecule has 1 saturated heterocycles. The highest BCUT2D eigenvalue weighted by molar-refractivity contribution is 5.97. The number of nitrogens with one attached hydrogen (secondary N) is 7. The Morgan fingerprint density at radius 2 is 1.31 bits per heavy atom. The van der Waals surface area contributed by atoms with Crippen LogP contribution in [-0.4, -0.2) is 137 Å². The highest BCUT2D eigenvalue weighted by atomic mass is 16.4. The Bertz CT molecular complexity index is 1820. The maximum absolute atomic E-state index is 13.7. The van der Waals surface area contributed by atoms with E-state index in [9.17, 15) is 48.3 Å². The fraction of sp³-hybridized carbons (Fsp3) is 0.619. The first-order valence-corrected chi connectivity index (χ1v) is 21.5. The molecular weight excluding hydrogens is 833 g/mol. The van der Waals surface area contributed by atoms with Gasteiger partial charge in [-0.15, -0.1) is 0 Å². The Labute approximate surface area is 373 Å². The highest BCUT2D eigenvalue weighted by Crippen LogP contribution is 2.21. The first-order valence-electron chi connectivity index (χ1n) is 21.5. The first-order chi connectivity index (χ1) is 30.0. The number of aliphatic imine (C=N–C) groups is 1. The third-order valence-corrected chi connectivity index (χ3v) is 10.4. The number of nitrogens with zero attached hydrogens (tertiary/aromatic N) is 2. The number of amides is 8. The van der Waals surface area contributed by atoms with Crippen LogP contribution >= 0.6 is 0 Å². The molecule has 14 N–H and O–H groups in total. The monoisotopic (exact) mass is 901 g/mol. The van der Waals surface area contributed by atoms with Gasteiger partial charge in [0.05, 0.1) is 12.6 Å². The van der Waals surface area contributed by atoms with Gasteiger partial charge in [-0.05, 0) is 70.3 Å². The van der Waals surface area contributed by atoms with Crippen molar-refractivity contribution in [2.24, 2.45) is 34.0 Å². The quantitative estimate of drug-likeness (QED) is 0.0275. The zero-order chi connectivity index (χ0) is 48.3. The summed E-state index contributed by atoms with van der Waals surface area (Å²) < 4.78 is 0. The second-order valence-corrected chi connectivity index (χ2v) is 16.7. The van der Waals surface area contributed by atoms with E-state index in [-0.39, 0.29) is 50.1 Å².